The highest BCUT2D eigenvalue weighted by molar-refractivity contribution is 7.92. The Bertz CT molecular complexity index is 497. The number of ether oxygens (including phenoxy) is 1. The number of rotatable bonds is 5. The number of nitrogens with zero attached hydrogens (tertiary/aromatic N) is 1. The molecule has 0 aromatic rings. The van der Waals surface area contributed by atoms with Gasteiger partial charge in [0.1, 0.15) is 0 Å². The van der Waals surface area contributed by atoms with E-state index in [1.54, 1.807) is 0 Å². The Morgan fingerprint density at radius 2 is 1.90 bits per heavy atom. The third kappa shape index (κ3) is 3.94. The number of amides is 1. The highest BCUT2D eigenvalue weighted by Crippen LogP contribution is 2.25. The molecule has 1 amide bonds. The number of hydrogen-bond acceptors (Lipinski definition) is 5. The topological polar surface area (TPSA) is 101 Å². The fourth-order valence-corrected chi connectivity index (χ4v) is 4.74. The summed E-state index contributed by atoms with van der Waals surface area (Å²) in [6.07, 6.45) is 3.03. The van der Waals surface area contributed by atoms with Crippen LogP contribution < -0.4 is 0 Å². The minimum atomic E-state index is -3.26. The van der Waals surface area contributed by atoms with Crippen LogP contribution in [0.15, 0.2) is 0 Å². The molecule has 2 fully saturated rings. The second-order valence-corrected chi connectivity index (χ2v) is 7.94. The van der Waals surface area contributed by atoms with E-state index in [2.05, 4.69) is 0 Å². The fourth-order valence-electron chi connectivity index (χ4n) is 2.89. The van der Waals surface area contributed by atoms with Crippen molar-refractivity contribution in [3.63, 3.8) is 0 Å². The summed E-state index contributed by atoms with van der Waals surface area (Å²) in [7, 11) is -3.26. The number of aliphatic carboxylic acids is 1. The minimum absolute atomic E-state index is 0.0452. The molecule has 1 aliphatic heterocycles. The number of carbonyl (C=O) groups excluding carboxylic acids is 1. The Morgan fingerprint density at radius 1 is 1.24 bits per heavy atom. The summed E-state index contributed by atoms with van der Waals surface area (Å²) >= 11 is 0. The summed E-state index contributed by atoms with van der Waals surface area (Å²) in [6, 6.07) is -1.01. The Balaban J connectivity index is 1.92. The van der Waals surface area contributed by atoms with Gasteiger partial charge >= 0.3 is 5.97 Å². The van der Waals surface area contributed by atoms with E-state index in [9.17, 15) is 18.0 Å². The number of hydrogen-bond donors (Lipinski definition) is 1. The van der Waals surface area contributed by atoms with Crippen LogP contribution in [0.4, 0.5) is 0 Å². The van der Waals surface area contributed by atoms with Gasteiger partial charge in [-0.1, -0.05) is 12.8 Å². The monoisotopic (exact) mass is 319 g/mol. The van der Waals surface area contributed by atoms with E-state index < -0.39 is 27.8 Å². The zero-order chi connectivity index (χ0) is 15.5. The molecule has 1 heterocycles. The van der Waals surface area contributed by atoms with Crippen molar-refractivity contribution < 1.29 is 27.9 Å². The molecule has 0 aromatic carbocycles. The van der Waals surface area contributed by atoms with Gasteiger partial charge in [0.15, 0.2) is 15.9 Å². The molecule has 0 bridgehead atoms. The zero-order valence-electron chi connectivity index (χ0n) is 11.9. The first kappa shape index (κ1) is 16.2. The van der Waals surface area contributed by atoms with Gasteiger partial charge < -0.3 is 14.7 Å². The van der Waals surface area contributed by atoms with Crippen LogP contribution in [-0.2, 0) is 24.2 Å². The van der Waals surface area contributed by atoms with E-state index in [4.69, 9.17) is 9.84 Å². The van der Waals surface area contributed by atoms with Crippen molar-refractivity contribution in [2.45, 2.75) is 43.4 Å². The molecule has 1 atom stereocenters. The maximum Gasteiger partial charge on any atom is 0.328 e. The third-order valence-electron chi connectivity index (χ3n) is 4.14. The van der Waals surface area contributed by atoms with Gasteiger partial charge in [0.05, 0.1) is 24.2 Å². The maximum absolute atomic E-state index is 12.1. The van der Waals surface area contributed by atoms with E-state index in [1.165, 1.54) is 4.90 Å². The molecule has 8 heteroatoms. The third-order valence-corrected chi connectivity index (χ3v) is 6.40. The van der Waals surface area contributed by atoms with Crippen molar-refractivity contribution in [1.29, 1.82) is 0 Å². The summed E-state index contributed by atoms with van der Waals surface area (Å²) in [5.41, 5.74) is 0. The molecule has 0 unspecified atom stereocenters. The van der Waals surface area contributed by atoms with Crippen molar-refractivity contribution in [1.82, 2.24) is 4.90 Å². The first-order chi connectivity index (χ1) is 9.92. The summed E-state index contributed by atoms with van der Waals surface area (Å²) < 4.78 is 29.3. The highest BCUT2D eigenvalue weighted by Gasteiger charge is 2.34. The summed E-state index contributed by atoms with van der Waals surface area (Å²) in [6.45, 7) is 0.431. The molecule has 0 radical (unpaired) electrons. The van der Waals surface area contributed by atoms with Crippen molar-refractivity contribution in [3.05, 3.63) is 0 Å². The van der Waals surface area contributed by atoms with Crippen molar-refractivity contribution >= 4 is 21.7 Å². The molecular formula is C13H21NO6S. The quantitative estimate of drug-likeness (QED) is 0.768. The van der Waals surface area contributed by atoms with Gasteiger partial charge in [0, 0.05) is 13.0 Å². The largest absolute Gasteiger partial charge is 0.480 e. The van der Waals surface area contributed by atoms with Gasteiger partial charge in [-0.2, -0.15) is 0 Å². The summed E-state index contributed by atoms with van der Waals surface area (Å²) in [5, 5.41) is 8.74. The Kier molecular flexibility index (Phi) is 5.21. The SMILES string of the molecule is O=C(O)[C@@H]1COCCN1C(=O)CCS(=O)(=O)C1CCCC1. The Labute approximate surface area is 124 Å². The van der Waals surface area contributed by atoms with Crippen LogP contribution in [-0.4, -0.2) is 67.1 Å². The van der Waals surface area contributed by atoms with Crippen LogP contribution >= 0.6 is 0 Å². The lowest BCUT2D eigenvalue weighted by atomic mass is 10.2. The molecule has 2 aliphatic rings. The molecule has 0 aromatic heterocycles. The maximum atomic E-state index is 12.1. The lowest BCUT2D eigenvalue weighted by Crippen LogP contribution is -2.52. The number of carboxylic acids is 1. The van der Waals surface area contributed by atoms with Gasteiger partial charge in [0.2, 0.25) is 5.91 Å². The Hall–Kier alpha value is -1.15. The molecule has 1 N–H and O–H groups in total. The van der Waals surface area contributed by atoms with Gasteiger partial charge in [-0.3, -0.25) is 4.79 Å². The lowest BCUT2D eigenvalue weighted by Gasteiger charge is -2.33. The average Bonchev–Trinajstić information content (AvgIpc) is 3.00. The smallest absolute Gasteiger partial charge is 0.328 e. The zero-order valence-corrected chi connectivity index (χ0v) is 12.7. The van der Waals surface area contributed by atoms with Crippen LogP contribution in [0.5, 0.6) is 0 Å². The van der Waals surface area contributed by atoms with Crippen molar-refractivity contribution in [2.75, 3.05) is 25.5 Å². The van der Waals surface area contributed by atoms with Crippen LogP contribution in [0.2, 0.25) is 0 Å². The van der Waals surface area contributed by atoms with E-state index in [0.717, 1.165) is 12.8 Å². The van der Waals surface area contributed by atoms with Gasteiger partial charge in [-0.15, -0.1) is 0 Å². The first-order valence-electron chi connectivity index (χ1n) is 7.23. The molecule has 21 heavy (non-hydrogen) atoms. The molecule has 1 aliphatic carbocycles. The average molecular weight is 319 g/mol. The lowest BCUT2D eigenvalue weighted by molar-refractivity contribution is -0.158. The van der Waals surface area contributed by atoms with Crippen LogP contribution in [0, 0.1) is 0 Å². The van der Waals surface area contributed by atoms with Crippen LogP contribution in [0.25, 0.3) is 0 Å². The number of morpholine rings is 1. The van der Waals surface area contributed by atoms with Crippen LogP contribution in [0.3, 0.4) is 0 Å². The predicted molar refractivity (Wildman–Crippen MR) is 74.6 cm³/mol. The van der Waals surface area contributed by atoms with Gasteiger partial charge in [0.25, 0.3) is 0 Å². The van der Waals surface area contributed by atoms with Crippen LogP contribution in [0.1, 0.15) is 32.1 Å². The van der Waals surface area contributed by atoms with Crippen molar-refractivity contribution in [2.24, 2.45) is 0 Å². The summed E-state index contributed by atoms with van der Waals surface area (Å²) in [4.78, 5) is 24.4. The van der Waals surface area contributed by atoms with Gasteiger partial charge in [-0.25, -0.2) is 13.2 Å². The number of carboxylic acid groups (broad SMARTS) is 1. The minimum Gasteiger partial charge on any atom is -0.480 e. The molecule has 2 rings (SSSR count). The fraction of sp³-hybridized carbons (Fsp3) is 0.846. The molecule has 0 spiro atoms. The van der Waals surface area contributed by atoms with E-state index >= 15 is 0 Å². The Morgan fingerprint density at radius 3 is 2.52 bits per heavy atom. The molecule has 1 saturated heterocycles. The standard InChI is InChI=1S/C13H21NO6S/c15-12(14-6-7-20-9-11(14)13(16)17)5-8-21(18,19)10-3-1-2-4-10/h10-11H,1-9H2,(H,16,17)/t11-/m0/s1. The second kappa shape index (κ2) is 6.74. The molecule has 1 saturated carbocycles. The van der Waals surface area contributed by atoms with E-state index in [1.807, 2.05) is 0 Å². The normalized spacial score (nSPS) is 24.2. The molecule has 7 nitrogen and oxygen atoms in total. The highest BCUT2D eigenvalue weighted by atomic mass is 32.2. The predicted octanol–water partition coefficient (Wildman–Crippen LogP) is 0.0459. The first-order valence-corrected chi connectivity index (χ1v) is 8.95. The molecule has 120 valence electrons. The summed E-state index contributed by atoms with van der Waals surface area (Å²) in [5.74, 6) is -1.74. The van der Waals surface area contributed by atoms with Gasteiger partial charge in [-0.05, 0) is 12.8 Å². The van der Waals surface area contributed by atoms with E-state index in [-0.39, 0.29) is 37.2 Å². The second-order valence-electron chi connectivity index (χ2n) is 5.54. The number of sulfone groups is 1. The number of carbonyl (C=O) groups is 2. The molecular weight excluding hydrogens is 298 g/mol. The van der Waals surface area contributed by atoms with E-state index in [0.29, 0.717) is 12.8 Å². The van der Waals surface area contributed by atoms with Crippen molar-refractivity contribution in [3.8, 4) is 0 Å².